The molecule has 0 unspecified atom stereocenters. The van der Waals surface area contributed by atoms with Crippen molar-refractivity contribution in [2.45, 2.75) is 6.54 Å². The molecule has 1 aliphatic heterocycles. The molecular weight excluding hydrogens is 410 g/mol. The van der Waals surface area contributed by atoms with Gasteiger partial charge in [0.2, 0.25) is 0 Å². The van der Waals surface area contributed by atoms with Crippen LogP contribution in [0.15, 0.2) is 78.9 Å². The molecule has 1 fully saturated rings. The molecule has 3 aromatic carbocycles. The fourth-order valence-corrected chi connectivity index (χ4v) is 3.89. The van der Waals surface area contributed by atoms with Crippen LogP contribution in [0, 0.1) is 0 Å². The minimum Gasteiger partial charge on any atom is -0.336 e. The summed E-state index contributed by atoms with van der Waals surface area (Å²) < 4.78 is 0. The van der Waals surface area contributed by atoms with Gasteiger partial charge in [-0.05, 0) is 54.1 Å². The van der Waals surface area contributed by atoms with Gasteiger partial charge in [0.15, 0.2) is 0 Å². The third-order valence-corrected chi connectivity index (χ3v) is 5.62. The minimum absolute atomic E-state index is 0.0170. The van der Waals surface area contributed by atoms with Crippen LogP contribution in [0.25, 0.3) is 0 Å². The van der Waals surface area contributed by atoms with Crippen molar-refractivity contribution in [3.8, 4) is 0 Å². The minimum atomic E-state index is -0.171. The van der Waals surface area contributed by atoms with Gasteiger partial charge in [-0.15, -0.1) is 0 Å². The molecule has 0 atom stereocenters. The number of carbonyl (C=O) groups is 2. The Kier molecular flexibility index (Phi) is 6.65. The van der Waals surface area contributed by atoms with Crippen LogP contribution < -0.4 is 5.32 Å². The number of halogens is 1. The number of benzene rings is 3. The van der Waals surface area contributed by atoms with Crippen molar-refractivity contribution in [1.29, 1.82) is 0 Å². The summed E-state index contributed by atoms with van der Waals surface area (Å²) in [5, 5.41) is 3.60. The molecule has 2 amide bonds. The number of nitrogens with one attached hydrogen (secondary N) is 1. The molecule has 1 heterocycles. The Morgan fingerprint density at radius 2 is 1.52 bits per heavy atom. The molecular formula is C25H24ClN3O2. The first-order valence-electron chi connectivity index (χ1n) is 10.3. The number of nitrogens with zero attached hydrogens (tertiary/aromatic N) is 2. The molecule has 6 heteroatoms. The normalized spacial score (nSPS) is 14.3. The van der Waals surface area contributed by atoms with Crippen LogP contribution in [0.4, 0.5) is 5.69 Å². The highest BCUT2D eigenvalue weighted by atomic mass is 35.5. The molecule has 158 valence electrons. The van der Waals surface area contributed by atoms with Crippen molar-refractivity contribution in [3.63, 3.8) is 0 Å². The van der Waals surface area contributed by atoms with Gasteiger partial charge in [-0.3, -0.25) is 14.5 Å². The van der Waals surface area contributed by atoms with E-state index < -0.39 is 0 Å². The van der Waals surface area contributed by atoms with E-state index in [1.165, 1.54) is 5.56 Å². The molecule has 1 N–H and O–H groups in total. The fraction of sp³-hybridized carbons (Fsp3) is 0.200. The Balaban J connectivity index is 1.30. The number of anilines is 1. The van der Waals surface area contributed by atoms with Gasteiger partial charge in [0.05, 0.1) is 0 Å². The Morgan fingerprint density at radius 3 is 2.19 bits per heavy atom. The molecule has 0 aromatic heterocycles. The monoisotopic (exact) mass is 433 g/mol. The van der Waals surface area contributed by atoms with E-state index in [4.69, 9.17) is 11.6 Å². The molecule has 31 heavy (non-hydrogen) atoms. The van der Waals surface area contributed by atoms with E-state index in [1.54, 1.807) is 36.4 Å². The van der Waals surface area contributed by atoms with Crippen LogP contribution in [0.3, 0.4) is 0 Å². The van der Waals surface area contributed by atoms with Crippen LogP contribution in [0.1, 0.15) is 26.3 Å². The van der Waals surface area contributed by atoms with Crippen molar-refractivity contribution in [3.05, 3.63) is 101 Å². The molecule has 0 aliphatic carbocycles. The summed E-state index contributed by atoms with van der Waals surface area (Å²) in [5.74, 6) is -0.154. The lowest BCUT2D eigenvalue weighted by Gasteiger charge is -2.34. The van der Waals surface area contributed by atoms with Crippen LogP contribution in [-0.2, 0) is 6.54 Å². The van der Waals surface area contributed by atoms with Crippen LogP contribution in [0.5, 0.6) is 0 Å². The largest absolute Gasteiger partial charge is 0.336 e. The van der Waals surface area contributed by atoms with E-state index in [9.17, 15) is 9.59 Å². The summed E-state index contributed by atoms with van der Waals surface area (Å²) in [4.78, 5) is 29.3. The van der Waals surface area contributed by atoms with Crippen molar-refractivity contribution in [2.75, 3.05) is 31.5 Å². The lowest BCUT2D eigenvalue weighted by molar-refractivity contribution is 0.0628. The highest BCUT2D eigenvalue weighted by molar-refractivity contribution is 6.30. The van der Waals surface area contributed by atoms with Gasteiger partial charge >= 0.3 is 0 Å². The van der Waals surface area contributed by atoms with Gasteiger partial charge in [0.25, 0.3) is 11.8 Å². The van der Waals surface area contributed by atoms with E-state index in [-0.39, 0.29) is 11.8 Å². The van der Waals surface area contributed by atoms with E-state index in [2.05, 4.69) is 16.3 Å². The van der Waals surface area contributed by atoms with Crippen molar-refractivity contribution >= 4 is 29.1 Å². The van der Waals surface area contributed by atoms with Crippen LogP contribution in [0.2, 0.25) is 5.02 Å². The molecule has 0 bridgehead atoms. The number of rotatable bonds is 5. The van der Waals surface area contributed by atoms with Gasteiger partial charge in [-0.2, -0.15) is 0 Å². The molecule has 0 saturated carbocycles. The van der Waals surface area contributed by atoms with Crippen molar-refractivity contribution in [1.82, 2.24) is 9.80 Å². The standard InChI is InChI=1S/C25H24ClN3O2/c26-22-8-4-5-19(17-22)18-28-13-15-29(16-14-28)25(31)21-9-11-23(12-10-21)27-24(30)20-6-2-1-3-7-20/h1-12,17H,13-16,18H2,(H,27,30). The van der Waals surface area contributed by atoms with E-state index in [1.807, 2.05) is 41.3 Å². The number of hydrogen-bond donors (Lipinski definition) is 1. The predicted octanol–water partition coefficient (Wildman–Crippen LogP) is 4.55. The second-order valence-electron chi connectivity index (χ2n) is 7.60. The maximum Gasteiger partial charge on any atom is 0.255 e. The summed E-state index contributed by atoms with van der Waals surface area (Å²) in [6, 6.07) is 24.0. The Morgan fingerprint density at radius 1 is 0.806 bits per heavy atom. The zero-order valence-electron chi connectivity index (χ0n) is 17.1. The number of carbonyl (C=O) groups excluding carboxylic acids is 2. The maximum atomic E-state index is 12.9. The Hall–Kier alpha value is -3.15. The predicted molar refractivity (Wildman–Crippen MR) is 123 cm³/mol. The van der Waals surface area contributed by atoms with Gasteiger partial charge in [-0.1, -0.05) is 41.9 Å². The highest BCUT2D eigenvalue weighted by Crippen LogP contribution is 2.17. The van der Waals surface area contributed by atoms with Gasteiger partial charge in [-0.25, -0.2) is 0 Å². The molecule has 1 aliphatic rings. The Labute approximate surface area is 187 Å². The quantitative estimate of drug-likeness (QED) is 0.642. The molecule has 1 saturated heterocycles. The SMILES string of the molecule is O=C(Nc1ccc(C(=O)N2CCN(Cc3cccc(Cl)c3)CC2)cc1)c1ccccc1. The third-order valence-electron chi connectivity index (χ3n) is 5.38. The second-order valence-corrected chi connectivity index (χ2v) is 8.03. The maximum absolute atomic E-state index is 12.9. The lowest BCUT2D eigenvalue weighted by atomic mass is 10.1. The first-order chi connectivity index (χ1) is 15.1. The molecule has 4 rings (SSSR count). The first-order valence-corrected chi connectivity index (χ1v) is 10.7. The van der Waals surface area contributed by atoms with Gasteiger partial charge in [0, 0.05) is 54.6 Å². The first kappa shape index (κ1) is 21.1. The number of amides is 2. The van der Waals surface area contributed by atoms with Crippen LogP contribution >= 0.6 is 11.6 Å². The fourth-order valence-electron chi connectivity index (χ4n) is 3.67. The van der Waals surface area contributed by atoms with E-state index in [0.29, 0.717) is 29.9 Å². The topological polar surface area (TPSA) is 52.7 Å². The lowest BCUT2D eigenvalue weighted by Crippen LogP contribution is -2.48. The average Bonchev–Trinajstić information content (AvgIpc) is 2.80. The summed E-state index contributed by atoms with van der Waals surface area (Å²) in [6.45, 7) is 3.85. The molecule has 5 nitrogen and oxygen atoms in total. The second kappa shape index (κ2) is 9.77. The highest BCUT2D eigenvalue weighted by Gasteiger charge is 2.22. The smallest absolute Gasteiger partial charge is 0.255 e. The summed E-state index contributed by atoms with van der Waals surface area (Å²) in [7, 11) is 0. The third kappa shape index (κ3) is 5.51. The van der Waals surface area contributed by atoms with Crippen LogP contribution in [-0.4, -0.2) is 47.8 Å². The van der Waals surface area contributed by atoms with Crippen molar-refractivity contribution in [2.24, 2.45) is 0 Å². The summed E-state index contributed by atoms with van der Waals surface area (Å²) >= 11 is 6.07. The molecule has 0 spiro atoms. The Bertz CT molecular complexity index is 1050. The zero-order chi connectivity index (χ0) is 21.6. The van der Waals surface area contributed by atoms with Crippen molar-refractivity contribution < 1.29 is 9.59 Å². The number of piperazine rings is 1. The zero-order valence-corrected chi connectivity index (χ0v) is 17.9. The summed E-state index contributed by atoms with van der Waals surface area (Å²) in [5.41, 5.74) is 3.07. The van der Waals surface area contributed by atoms with Gasteiger partial charge in [0.1, 0.15) is 0 Å². The molecule has 0 radical (unpaired) electrons. The number of hydrogen-bond acceptors (Lipinski definition) is 3. The van der Waals surface area contributed by atoms with E-state index in [0.717, 1.165) is 24.7 Å². The van der Waals surface area contributed by atoms with E-state index >= 15 is 0 Å². The average molecular weight is 434 g/mol. The van der Waals surface area contributed by atoms with Gasteiger partial charge < -0.3 is 10.2 Å². The molecule has 3 aromatic rings. The summed E-state index contributed by atoms with van der Waals surface area (Å²) in [6.07, 6.45) is 0.